The van der Waals surface area contributed by atoms with E-state index in [0.717, 1.165) is 38.6 Å². The van der Waals surface area contributed by atoms with Crippen LogP contribution in [-0.2, 0) is 9.47 Å². The fourth-order valence-corrected chi connectivity index (χ4v) is 3.68. The number of nitrogens with zero attached hydrogens (tertiary/aromatic N) is 1. The Kier molecular flexibility index (Phi) is 6.93. The van der Waals surface area contributed by atoms with Gasteiger partial charge in [-0.25, -0.2) is 0 Å². The Morgan fingerprint density at radius 1 is 1.24 bits per heavy atom. The van der Waals surface area contributed by atoms with Gasteiger partial charge in [0.1, 0.15) is 0 Å². The van der Waals surface area contributed by atoms with Crippen LogP contribution in [0, 0.1) is 17.8 Å². The van der Waals surface area contributed by atoms with Crippen molar-refractivity contribution >= 4 is 0 Å². The maximum atomic E-state index is 10.2. The van der Waals surface area contributed by atoms with Gasteiger partial charge in [0, 0.05) is 19.6 Å². The van der Waals surface area contributed by atoms with Gasteiger partial charge in [-0.2, -0.15) is 0 Å². The highest BCUT2D eigenvalue weighted by Crippen LogP contribution is 2.35. The summed E-state index contributed by atoms with van der Waals surface area (Å²) in [6.07, 6.45) is 3.68. The Morgan fingerprint density at radius 2 is 1.95 bits per heavy atom. The summed E-state index contributed by atoms with van der Waals surface area (Å²) in [6, 6.07) is 0. The number of hydrogen-bond acceptors (Lipinski definition) is 4. The van der Waals surface area contributed by atoms with E-state index >= 15 is 0 Å². The third-order valence-corrected chi connectivity index (χ3v) is 5.04. The number of rotatable bonds is 6. The molecule has 0 bridgehead atoms. The Hall–Kier alpha value is -0.160. The van der Waals surface area contributed by atoms with Gasteiger partial charge in [-0.15, -0.1) is 0 Å². The minimum Gasteiger partial charge on any atom is -0.389 e. The molecule has 0 aromatic carbocycles. The zero-order valence-electron chi connectivity index (χ0n) is 14.0. The van der Waals surface area contributed by atoms with Gasteiger partial charge in [-0.1, -0.05) is 27.2 Å². The lowest BCUT2D eigenvalue weighted by atomic mass is 9.75. The average Bonchev–Trinajstić information content (AvgIpc) is 2.46. The summed E-state index contributed by atoms with van der Waals surface area (Å²) in [5, 5.41) is 10.2. The van der Waals surface area contributed by atoms with Crippen molar-refractivity contribution in [2.24, 2.45) is 17.8 Å². The lowest BCUT2D eigenvalue weighted by molar-refractivity contribution is -0.0782. The summed E-state index contributed by atoms with van der Waals surface area (Å²) >= 11 is 0. The summed E-state index contributed by atoms with van der Waals surface area (Å²) in [5.74, 6) is 2.07. The van der Waals surface area contributed by atoms with Gasteiger partial charge >= 0.3 is 0 Å². The van der Waals surface area contributed by atoms with Crippen LogP contribution in [0.5, 0.6) is 0 Å². The van der Waals surface area contributed by atoms with Gasteiger partial charge in [0.05, 0.1) is 32.0 Å². The summed E-state index contributed by atoms with van der Waals surface area (Å²) in [5.41, 5.74) is 0. The molecule has 1 saturated carbocycles. The molecule has 0 spiro atoms. The fraction of sp³-hybridized carbons (Fsp3) is 1.00. The van der Waals surface area contributed by atoms with Gasteiger partial charge in [0.25, 0.3) is 0 Å². The van der Waals surface area contributed by atoms with Gasteiger partial charge in [0.15, 0.2) is 0 Å². The molecule has 4 atom stereocenters. The molecular formula is C17H33NO3. The Bertz CT molecular complexity index is 292. The average molecular weight is 299 g/mol. The van der Waals surface area contributed by atoms with Crippen LogP contribution in [-0.4, -0.2) is 61.7 Å². The maximum Gasteiger partial charge on any atom is 0.0900 e. The van der Waals surface area contributed by atoms with Crippen LogP contribution < -0.4 is 0 Å². The molecule has 4 heteroatoms. The lowest BCUT2D eigenvalue weighted by Gasteiger charge is -2.38. The van der Waals surface area contributed by atoms with E-state index < -0.39 is 0 Å². The van der Waals surface area contributed by atoms with Crippen molar-refractivity contribution in [3.8, 4) is 0 Å². The third-order valence-electron chi connectivity index (χ3n) is 5.04. The SMILES string of the molecule is CC(C)[C@H]1CC[C@@H](C)C[C@H]1OC[C@H](O)CN1CCOCC1. The van der Waals surface area contributed by atoms with Crippen molar-refractivity contribution in [3.05, 3.63) is 0 Å². The molecule has 2 rings (SSSR count). The number of ether oxygens (including phenoxy) is 2. The number of aliphatic hydroxyl groups excluding tert-OH is 1. The lowest BCUT2D eigenvalue weighted by Crippen LogP contribution is -2.43. The molecule has 0 aromatic heterocycles. The molecule has 2 aliphatic rings. The number of hydrogen-bond donors (Lipinski definition) is 1. The Morgan fingerprint density at radius 3 is 2.62 bits per heavy atom. The first kappa shape index (κ1) is 17.2. The zero-order chi connectivity index (χ0) is 15.2. The van der Waals surface area contributed by atoms with E-state index in [9.17, 15) is 5.11 Å². The molecule has 0 radical (unpaired) electrons. The fourth-order valence-electron chi connectivity index (χ4n) is 3.68. The molecule has 1 aliphatic heterocycles. The number of morpholine rings is 1. The van der Waals surface area contributed by atoms with Gasteiger partial charge < -0.3 is 14.6 Å². The maximum absolute atomic E-state index is 10.2. The van der Waals surface area contributed by atoms with Gasteiger partial charge in [-0.05, 0) is 30.6 Å². The first-order valence-corrected chi connectivity index (χ1v) is 8.66. The molecule has 4 nitrogen and oxygen atoms in total. The third kappa shape index (κ3) is 5.51. The molecule has 21 heavy (non-hydrogen) atoms. The number of aliphatic hydroxyl groups is 1. The Balaban J connectivity index is 1.73. The molecule has 1 N–H and O–H groups in total. The quantitative estimate of drug-likeness (QED) is 0.816. The summed E-state index contributed by atoms with van der Waals surface area (Å²) < 4.78 is 11.5. The number of β-amino-alcohol motifs (C(OH)–C–C–N with tert-alkyl or cyclic N) is 1. The van der Waals surface area contributed by atoms with E-state index in [2.05, 4.69) is 25.7 Å². The van der Waals surface area contributed by atoms with Gasteiger partial charge in [-0.3, -0.25) is 4.90 Å². The second kappa shape index (κ2) is 8.47. The van der Waals surface area contributed by atoms with E-state index in [-0.39, 0.29) is 6.10 Å². The van der Waals surface area contributed by atoms with E-state index in [1.807, 2.05) is 0 Å². The Labute approximate surface area is 129 Å². The molecule has 1 saturated heterocycles. The highest BCUT2D eigenvalue weighted by molar-refractivity contribution is 4.81. The molecule has 1 aliphatic carbocycles. The van der Waals surface area contributed by atoms with Crippen molar-refractivity contribution in [3.63, 3.8) is 0 Å². The van der Waals surface area contributed by atoms with E-state index in [0.29, 0.717) is 31.1 Å². The first-order chi connectivity index (χ1) is 10.1. The topological polar surface area (TPSA) is 41.9 Å². The molecule has 1 heterocycles. The van der Waals surface area contributed by atoms with Crippen LogP contribution in [0.4, 0.5) is 0 Å². The van der Waals surface area contributed by atoms with Crippen LogP contribution in [0.1, 0.15) is 40.0 Å². The normalized spacial score (nSPS) is 33.3. The molecular weight excluding hydrogens is 266 g/mol. The zero-order valence-corrected chi connectivity index (χ0v) is 14.0. The minimum absolute atomic E-state index is 0.327. The van der Waals surface area contributed by atoms with Crippen LogP contribution >= 0.6 is 0 Å². The van der Waals surface area contributed by atoms with E-state index in [1.54, 1.807) is 0 Å². The highest BCUT2D eigenvalue weighted by Gasteiger charge is 2.31. The monoisotopic (exact) mass is 299 g/mol. The predicted molar refractivity (Wildman–Crippen MR) is 84.3 cm³/mol. The summed E-state index contributed by atoms with van der Waals surface area (Å²) in [4.78, 5) is 2.26. The van der Waals surface area contributed by atoms with E-state index in [1.165, 1.54) is 12.8 Å². The molecule has 0 aromatic rings. The standard InChI is InChI=1S/C17H33NO3/c1-13(2)16-5-4-14(3)10-17(16)21-12-15(19)11-18-6-8-20-9-7-18/h13-17,19H,4-12H2,1-3H3/t14-,15-,16-,17-/m1/s1. The van der Waals surface area contributed by atoms with Crippen LogP contribution in [0.25, 0.3) is 0 Å². The smallest absolute Gasteiger partial charge is 0.0900 e. The van der Waals surface area contributed by atoms with Crippen LogP contribution in [0.15, 0.2) is 0 Å². The first-order valence-electron chi connectivity index (χ1n) is 8.66. The molecule has 2 fully saturated rings. The second-order valence-electron chi connectivity index (χ2n) is 7.26. The highest BCUT2D eigenvalue weighted by atomic mass is 16.5. The van der Waals surface area contributed by atoms with Crippen molar-refractivity contribution in [2.75, 3.05) is 39.5 Å². The van der Waals surface area contributed by atoms with Crippen molar-refractivity contribution in [1.82, 2.24) is 4.90 Å². The van der Waals surface area contributed by atoms with Crippen molar-refractivity contribution < 1.29 is 14.6 Å². The van der Waals surface area contributed by atoms with Crippen LogP contribution in [0.2, 0.25) is 0 Å². The van der Waals surface area contributed by atoms with Crippen molar-refractivity contribution in [1.29, 1.82) is 0 Å². The molecule has 124 valence electrons. The predicted octanol–water partition coefficient (Wildman–Crippen LogP) is 2.16. The van der Waals surface area contributed by atoms with Crippen molar-refractivity contribution in [2.45, 2.75) is 52.2 Å². The second-order valence-corrected chi connectivity index (χ2v) is 7.26. The summed E-state index contributed by atoms with van der Waals surface area (Å²) in [6.45, 7) is 11.5. The minimum atomic E-state index is -0.381. The largest absolute Gasteiger partial charge is 0.389 e. The van der Waals surface area contributed by atoms with Gasteiger partial charge in [0.2, 0.25) is 0 Å². The molecule has 0 amide bonds. The van der Waals surface area contributed by atoms with Crippen LogP contribution in [0.3, 0.4) is 0 Å². The van der Waals surface area contributed by atoms with E-state index in [4.69, 9.17) is 9.47 Å². The summed E-state index contributed by atoms with van der Waals surface area (Å²) in [7, 11) is 0. The molecule has 0 unspecified atom stereocenters.